The third-order valence-electron chi connectivity index (χ3n) is 4.74. The van der Waals surface area contributed by atoms with Gasteiger partial charge < -0.3 is 14.2 Å². The molecule has 0 radical (unpaired) electrons. The van der Waals surface area contributed by atoms with E-state index in [9.17, 15) is 13.6 Å². The van der Waals surface area contributed by atoms with E-state index in [1.165, 1.54) is 0 Å². The van der Waals surface area contributed by atoms with Gasteiger partial charge in [0.25, 0.3) is 6.08 Å². The summed E-state index contributed by atoms with van der Waals surface area (Å²) in [5, 5.41) is 0. The van der Waals surface area contributed by atoms with Gasteiger partial charge in [0.1, 0.15) is 6.10 Å². The van der Waals surface area contributed by atoms with E-state index in [1.807, 2.05) is 0 Å². The van der Waals surface area contributed by atoms with Gasteiger partial charge in [-0.05, 0) is 44.6 Å². The summed E-state index contributed by atoms with van der Waals surface area (Å²) >= 11 is 0. The van der Waals surface area contributed by atoms with Crippen LogP contribution in [0, 0.1) is 11.8 Å². The number of esters is 1. The molecule has 1 saturated carbocycles. The fourth-order valence-corrected chi connectivity index (χ4v) is 3.43. The van der Waals surface area contributed by atoms with Crippen molar-refractivity contribution in [2.75, 3.05) is 13.2 Å². The highest BCUT2D eigenvalue weighted by Gasteiger charge is 2.33. The number of carbonyl (C=O) groups excluding carboxylic acids is 1. The smallest absolute Gasteiger partial charge is 0.306 e. The minimum absolute atomic E-state index is 0.00489. The van der Waals surface area contributed by atoms with Crippen LogP contribution in [0.3, 0.4) is 0 Å². The van der Waals surface area contributed by atoms with Gasteiger partial charge in [-0.1, -0.05) is 13.3 Å². The predicted molar refractivity (Wildman–Crippen MR) is 85.5 cm³/mol. The minimum atomic E-state index is -1.75. The van der Waals surface area contributed by atoms with Crippen LogP contribution in [0.25, 0.3) is 0 Å². The summed E-state index contributed by atoms with van der Waals surface area (Å²) in [6.07, 6.45) is 4.44. The summed E-state index contributed by atoms with van der Waals surface area (Å²) in [4.78, 5) is 11.6. The maximum atomic E-state index is 11.9. The van der Waals surface area contributed by atoms with E-state index in [2.05, 4.69) is 6.92 Å². The zero-order valence-electron chi connectivity index (χ0n) is 14.3. The Hall–Kier alpha value is -1.01. The van der Waals surface area contributed by atoms with E-state index >= 15 is 0 Å². The molecule has 0 spiro atoms. The third-order valence-corrected chi connectivity index (χ3v) is 4.74. The quantitative estimate of drug-likeness (QED) is 0.639. The molecular formula is C18H28F2O4. The van der Waals surface area contributed by atoms with Crippen LogP contribution in [-0.4, -0.2) is 31.6 Å². The largest absolute Gasteiger partial charge is 0.462 e. The fraction of sp³-hybridized carbons (Fsp3) is 0.833. The molecule has 2 fully saturated rings. The molecule has 0 aromatic rings. The summed E-state index contributed by atoms with van der Waals surface area (Å²) in [5.41, 5.74) is 0. The van der Waals surface area contributed by atoms with Crippen molar-refractivity contribution in [1.82, 2.24) is 0 Å². The monoisotopic (exact) mass is 346 g/mol. The number of hydrogen-bond acceptors (Lipinski definition) is 4. The van der Waals surface area contributed by atoms with Crippen LogP contribution in [0.2, 0.25) is 0 Å². The van der Waals surface area contributed by atoms with Gasteiger partial charge in [-0.2, -0.15) is 8.78 Å². The lowest BCUT2D eigenvalue weighted by Crippen LogP contribution is -2.39. The normalized spacial score (nSPS) is 30.6. The first-order chi connectivity index (χ1) is 11.6. The lowest BCUT2D eigenvalue weighted by Gasteiger charge is -2.37. The molecule has 6 heteroatoms. The maximum Gasteiger partial charge on any atom is 0.306 e. The van der Waals surface area contributed by atoms with Crippen molar-refractivity contribution in [3.05, 3.63) is 12.2 Å². The van der Waals surface area contributed by atoms with Crippen molar-refractivity contribution in [3.63, 3.8) is 0 Å². The Morgan fingerprint density at radius 3 is 2.42 bits per heavy atom. The van der Waals surface area contributed by atoms with Crippen LogP contribution >= 0.6 is 0 Å². The standard InChI is InChI=1S/C18H28F2O4/c1-2-4-13-11-22-18(23-12-13)14-7-9-15(10-8-14)24-17(21)6-3-5-16(19)20/h5,13-15,18H,2-4,6-12H2,1H3. The molecule has 1 aliphatic carbocycles. The molecule has 138 valence electrons. The van der Waals surface area contributed by atoms with E-state index in [0.29, 0.717) is 11.8 Å². The second-order valence-corrected chi connectivity index (χ2v) is 6.75. The van der Waals surface area contributed by atoms with Crippen LogP contribution in [0.4, 0.5) is 8.78 Å². The van der Waals surface area contributed by atoms with E-state index in [0.717, 1.165) is 57.8 Å². The molecule has 2 aliphatic rings. The van der Waals surface area contributed by atoms with Gasteiger partial charge in [0.05, 0.1) is 13.2 Å². The van der Waals surface area contributed by atoms with E-state index in [4.69, 9.17) is 14.2 Å². The Labute approximate surface area is 142 Å². The second-order valence-electron chi connectivity index (χ2n) is 6.75. The average Bonchev–Trinajstić information content (AvgIpc) is 2.56. The maximum absolute atomic E-state index is 11.9. The molecule has 0 bridgehead atoms. The van der Waals surface area contributed by atoms with Crippen LogP contribution in [0.15, 0.2) is 12.2 Å². The topological polar surface area (TPSA) is 44.8 Å². The van der Waals surface area contributed by atoms with Crippen molar-refractivity contribution in [2.24, 2.45) is 11.8 Å². The van der Waals surface area contributed by atoms with Gasteiger partial charge >= 0.3 is 5.97 Å². The highest BCUT2D eigenvalue weighted by atomic mass is 19.3. The highest BCUT2D eigenvalue weighted by molar-refractivity contribution is 5.69. The Balaban J connectivity index is 1.63. The molecule has 1 saturated heterocycles. The van der Waals surface area contributed by atoms with Crippen LogP contribution in [0.5, 0.6) is 0 Å². The van der Waals surface area contributed by atoms with Crippen molar-refractivity contribution < 1.29 is 27.8 Å². The van der Waals surface area contributed by atoms with Gasteiger partial charge in [0.15, 0.2) is 6.29 Å². The predicted octanol–water partition coefficient (Wildman–Crippen LogP) is 4.44. The van der Waals surface area contributed by atoms with Crippen molar-refractivity contribution >= 4 is 5.97 Å². The van der Waals surface area contributed by atoms with Gasteiger partial charge in [-0.15, -0.1) is 0 Å². The van der Waals surface area contributed by atoms with E-state index < -0.39 is 12.0 Å². The summed E-state index contributed by atoms with van der Waals surface area (Å²) in [6.45, 7) is 3.71. The first-order valence-electron chi connectivity index (χ1n) is 9.02. The number of hydrogen-bond donors (Lipinski definition) is 0. The Kier molecular flexibility index (Phi) is 8.12. The van der Waals surface area contributed by atoms with Gasteiger partial charge in [0, 0.05) is 18.3 Å². The minimum Gasteiger partial charge on any atom is -0.462 e. The summed E-state index contributed by atoms with van der Waals surface area (Å²) in [5.74, 6) is 0.460. The van der Waals surface area contributed by atoms with Crippen molar-refractivity contribution in [3.8, 4) is 0 Å². The second kappa shape index (κ2) is 10.1. The summed E-state index contributed by atoms with van der Waals surface area (Å²) in [6, 6.07) is 0. The van der Waals surface area contributed by atoms with Crippen LogP contribution in [-0.2, 0) is 19.0 Å². The summed E-state index contributed by atoms with van der Waals surface area (Å²) < 4.78 is 40.9. The Morgan fingerprint density at radius 1 is 1.17 bits per heavy atom. The molecule has 1 heterocycles. The molecule has 0 aromatic heterocycles. The molecular weight excluding hydrogens is 318 g/mol. The zero-order chi connectivity index (χ0) is 17.4. The number of rotatable bonds is 7. The molecule has 1 aliphatic heterocycles. The number of carbonyl (C=O) groups is 1. The van der Waals surface area contributed by atoms with Crippen LogP contribution < -0.4 is 0 Å². The van der Waals surface area contributed by atoms with Crippen molar-refractivity contribution in [1.29, 1.82) is 0 Å². The first kappa shape index (κ1) is 19.3. The lowest BCUT2D eigenvalue weighted by molar-refractivity contribution is -0.231. The van der Waals surface area contributed by atoms with Gasteiger partial charge in [-0.3, -0.25) is 4.79 Å². The zero-order valence-corrected chi connectivity index (χ0v) is 14.3. The highest BCUT2D eigenvalue weighted by Crippen LogP contribution is 2.33. The van der Waals surface area contributed by atoms with E-state index in [1.54, 1.807) is 0 Å². The lowest BCUT2D eigenvalue weighted by atomic mass is 9.86. The molecule has 2 rings (SSSR count). The molecule has 0 atom stereocenters. The third kappa shape index (κ3) is 6.48. The van der Waals surface area contributed by atoms with Crippen molar-refractivity contribution in [2.45, 2.75) is 70.7 Å². The summed E-state index contributed by atoms with van der Waals surface area (Å²) in [7, 11) is 0. The molecule has 0 aromatic carbocycles. The molecule has 24 heavy (non-hydrogen) atoms. The molecule has 0 N–H and O–H groups in total. The van der Waals surface area contributed by atoms with Gasteiger partial charge in [0.2, 0.25) is 0 Å². The first-order valence-corrected chi connectivity index (χ1v) is 9.02. The average molecular weight is 346 g/mol. The Morgan fingerprint density at radius 2 is 1.83 bits per heavy atom. The molecule has 4 nitrogen and oxygen atoms in total. The fourth-order valence-electron chi connectivity index (χ4n) is 3.43. The SMILES string of the molecule is CCCC1COC(C2CCC(OC(=O)CCC=C(F)F)CC2)OC1. The van der Waals surface area contributed by atoms with Crippen LogP contribution in [0.1, 0.15) is 58.3 Å². The Bertz CT molecular complexity index is 407. The molecule has 0 amide bonds. The van der Waals surface area contributed by atoms with Gasteiger partial charge in [-0.25, -0.2) is 0 Å². The number of allylic oxidation sites excluding steroid dienone is 1. The van der Waals surface area contributed by atoms with E-state index in [-0.39, 0.29) is 25.2 Å². The number of halogens is 2. The molecule has 0 unspecified atom stereocenters. The number of ether oxygens (including phenoxy) is 3.